The number of morpholine rings is 1. The van der Waals surface area contributed by atoms with Crippen LogP contribution < -0.4 is 5.32 Å². The van der Waals surface area contributed by atoms with E-state index in [1.165, 1.54) is 11.3 Å². The molecule has 1 N–H and O–H groups in total. The van der Waals surface area contributed by atoms with Crippen LogP contribution in [0.15, 0.2) is 5.51 Å². The van der Waals surface area contributed by atoms with E-state index in [1.807, 2.05) is 6.92 Å². The van der Waals surface area contributed by atoms with Crippen molar-refractivity contribution in [2.75, 3.05) is 32.8 Å². The third-order valence-electron chi connectivity index (χ3n) is 3.29. The zero-order valence-electron chi connectivity index (χ0n) is 12.4. The molecular formula is C14H23N3O2S. The van der Waals surface area contributed by atoms with Crippen molar-refractivity contribution in [2.45, 2.75) is 26.9 Å². The van der Waals surface area contributed by atoms with Crippen LogP contribution in [0.2, 0.25) is 0 Å². The van der Waals surface area contributed by atoms with Gasteiger partial charge < -0.3 is 10.1 Å². The van der Waals surface area contributed by atoms with Gasteiger partial charge in [0.2, 0.25) is 0 Å². The highest BCUT2D eigenvalue weighted by Crippen LogP contribution is 2.12. The summed E-state index contributed by atoms with van der Waals surface area (Å²) in [5.41, 5.74) is 2.49. The lowest BCUT2D eigenvalue weighted by molar-refractivity contribution is -0.0295. The number of hydrogen-bond donors (Lipinski definition) is 1. The van der Waals surface area contributed by atoms with E-state index in [9.17, 15) is 4.79 Å². The van der Waals surface area contributed by atoms with Gasteiger partial charge in [0.1, 0.15) is 4.88 Å². The number of aryl methyl sites for hydroxylation is 1. The molecule has 0 aliphatic carbocycles. The molecule has 0 saturated carbocycles. The van der Waals surface area contributed by atoms with E-state index in [0.29, 0.717) is 17.3 Å². The SMILES string of the molecule is Cc1ncsc1C(=O)NC[C@H]1CN(CC(C)C)CCO1. The number of hydrogen-bond acceptors (Lipinski definition) is 5. The van der Waals surface area contributed by atoms with Crippen LogP contribution in [0.25, 0.3) is 0 Å². The van der Waals surface area contributed by atoms with Crippen LogP contribution in [-0.4, -0.2) is 54.7 Å². The second-order valence-electron chi connectivity index (χ2n) is 5.62. The van der Waals surface area contributed by atoms with Gasteiger partial charge in [-0.2, -0.15) is 0 Å². The molecule has 0 bridgehead atoms. The second kappa shape index (κ2) is 7.15. The summed E-state index contributed by atoms with van der Waals surface area (Å²) in [6.07, 6.45) is 0.0830. The average molecular weight is 297 g/mol. The molecule has 2 rings (SSSR count). The number of amides is 1. The van der Waals surface area contributed by atoms with Crippen molar-refractivity contribution in [1.82, 2.24) is 15.2 Å². The maximum absolute atomic E-state index is 12.0. The zero-order valence-corrected chi connectivity index (χ0v) is 13.2. The van der Waals surface area contributed by atoms with E-state index in [0.717, 1.165) is 31.9 Å². The first-order chi connectivity index (χ1) is 9.56. The Morgan fingerprint density at radius 2 is 2.45 bits per heavy atom. The fraction of sp³-hybridized carbons (Fsp3) is 0.714. The normalized spacial score (nSPS) is 20.3. The summed E-state index contributed by atoms with van der Waals surface area (Å²) in [6, 6.07) is 0. The van der Waals surface area contributed by atoms with Crippen LogP contribution in [0, 0.1) is 12.8 Å². The third-order valence-corrected chi connectivity index (χ3v) is 4.22. The van der Waals surface area contributed by atoms with Crippen LogP contribution in [0.5, 0.6) is 0 Å². The summed E-state index contributed by atoms with van der Waals surface area (Å²) in [6.45, 7) is 10.6. The molecule has 2 heterocycles. The molecule has 1 aliphatic rings. The Hall–Kier alpha value is -0.980. The molecule has 0 spiro atoms. The smallest absolute Gasteiger partial charge is 0.263 e. The zero-order chi connectivity index (χ0) is 14.5. The van der Waals surface area contributed by atoms with E-state index in [4.69, 9.17) is 4.74 Å². The Morgan fingerprint density at radius 3 is 3.10 bits per heavy atom. The summed E-state index contributed by atoms with van der Waals surface area (Å²) in [4.78, 5) is 19.2. The average Bonchev–Trinajstić information content (AvgIpc) is 2.82. The standard InChI is InChI=1S/C14H23N3O2S/c1-10(2)7-17-4-5-19-12(8-17)6-15-14(18)13-11(3)16-9-20-13/h9-10,12H,4-8H2,1-3H3,(H,15,18)/t12-/m0/s1. The lowest BCUT2D eigenvalue weighted by atomic mass is 10.2. The topological polar surface area (TPSA) is 54.5 Å². The highest BCUT2D eigenvalue weighted by Gasteiger charge is 2.22. The summed E-state index contributed by atoms with van der Waals surface area (Å²) in [7, 11) is 0. The maximum atomic E-state index is 12.0. The molecule has 20 heavy (non-hydrogen) atoms. The predicted octanol–water partition coefficient (Wildman–Crippen LogP) is 1.54. The molecule has 5 nitrogen and oxygen atoms in total. The minimum absolute atomic E-state index is 0.0467. The summed E-state index contributed by atoms with van der Waals surface area (Å²) >= 11 is 1.38. The van der Waals surface area contributed by atoms with Gasteiger partial charge in [-0.15, -0.1) is 11.3 Å². The molecule has 1 aliphatic heterocycles. The molecule has 112 valence electrons. The predicted molar refractivity (Wildman–Crippen MR) is 80.2 cm³/mol. The van der Waals surface area contributed by atoms with Gasteiger partial charge in [-0.25, -0.2) is 4.98 Å². The molecule has 1 aromatic rings. The Labute approximate surface area is 124 Å². The minimum atomic E-state index is -0.0467. The van der Waals surface area contributed by atoms with Gasteiger partial charge in [0.05, 0.1) is 23.9 Å². The lowest BCUT2D eigenvalue weighted by Crippen LogP contribution is -2.48. The molecule has 1 aromatic heterocycles. The first-order valence-electron chi connectivity index (χ1n) is 7.08. The van der Waals surface area contributed by atoms with Gasteiger partial charge >= 0.3 is 0 Å². The highest BCUT2D eigenvalue weighted by atomic mass is 32.1. The number of rotatable bonds is 5. The van der Waals surface area contributed by atoms with Crippen LogP contribution >= 0.6 is 11.3 Å². The summed E-state index contributed by atoms with van der Waals surface area (Å²) < 4.78 is 5.72. The van der Waals surface area contributed by atoms with Crippen molar-refractivity contribution in [3.63, 3.8) is 0 Å². The monoisotopic (exact) mass is 297 g/mol. The van der Waals surface area contributed by atoms with Gasteiger partial charge in [-0.1, -0.05) is 13.8 Å². The fourth-order valence-electron chi connectivity index (χ4n) is 2.39. The quantitative estimate of drug-likeness (QED) is 0.896. The number of thiazole rings is 1. The molecule has 0 unspecified atom stereocenters. The van der Waals surface area contributed by atoms with Crippen LogP contribution in [-0.2, 0) is 4.74 Å². The molecule has 1 fully saturated rings. The van der Waals surface area contributed by atoms with Gasteiger partial charge in [0, 0.05) is 26.2 Å². The van der Waals surface area contributed by atoms with E-state index in [1.54, 1.807) is 5.51 Å². The number of nitrogens with zero attached hydrogens (tertiary/aromatic N) is 2. The third kappa shape index (κ3) is 4.26. The van der Waals surface area contributed by atoms with Crippen LogP contribution in [0.4, 0.5) is 0 Å². The molecule has 0 aromatic carbocycles. The Balaban J connectivity index is 1.79. The largest absolute Gasteiger partial charge is 0.374 e. The Morgan fingerprint density at radius 1 is 1.65 bits per heavy atom. The summed E-state index contributed by atoms with van der Waals surface area (Å²) in [5, 5.41) is 2.95. The first-order valence-corrected chi connectivity index (χ1v) is 7.96. The van der Waals surface area contributed by atoms with Crippen molar-refractivity contribution >= 4 is 17.2 Å². The van der Waals surface area contributed by atoms with Crippen molar-refractivity contribution < 1.29 is 9.53 Å². The van der Waals surface area contributed by atoms with Crippen LogP contribution in [0.1, 0.15) is 29.2 Å². The van der Waals surface area contributed by atoms with Crippen molar-refractivity contribution in [1.29, 1.82) is 0 Å². The fourth-order valence-corrected chi connectivity index (χ4v) is 3.11. The first kappa shape index (κ1) is 15.4. The van der Waals surface area contributed by atoms with Gasteiger partial charge in [0.15, 0.2) is 0 Å². The molecule has 0 radical (unpaired) electrons. The van der Waals surface area contributed by atoms with Crippen molar-refractivity contribution in [3.8, 4) is 0 Å². The molecule has 1 atom stereocenters. The number of nitrogens with one attached hydrogen (secondary N) is 1. The summed E-state index contributed by atoms with van der Waals surface area (Å²) in [5.74, 6) is 0.609. The van der Waals surface area contributed by atoms with E-state index in [2.05, 4.69) is 29.0 Å². The number of ether oxygens (including phenoxy) is 1. The minimum Gasteiger partial charge on any atom is -0.374 e. The van der Waals surface area contributed by atoms with E-state index >= 15 is 0 Å². The molecule has 6 heteroatoms. The molecule has 1 saturated heterocycles. The lowest BCUT2D eigenvalue weighted by Gasteiger charge is -2.33. The Bertz CT molecular complexity index is 447. The molecular weight excluding hydrogens is 274 g/mol. The van der Waals surface area contributed by atoms with Crippen molar-refractivity contribution in [2.24, 2.45) is 5.92 Å². The maximum Gasteiger partial charge on any atom is 0.263 e. The van der Waals surface area contributed by atoms with Gasteiger partial charge in [-0.3, -0.25) is 9.69 Å². The van der Waals surface area contributed by atoms with E-state index < -0.39 is 0 Å². The van der Waals surface area contributed by atoms with Gasteiger partial charge in [0.25, 0.3) is 5.91 Å². The van der Waals surface area contributed by atoms with E-state index in [-0.39, 0.29) is 12.0 Å². The van der Waals surface area contributed by atoms with Crippen molar-refractivity contribution in [3.05, 3.63) is 16.1 Å². The Kier molecular flexibility index (Phi) is 5.51. The van der Waals surface area contributed by atoms with Gasteiger partial charge in [-0.05, 0) is 12.8 Å². The molecule has 1 amide bonds. The highest BCUT2D eigenvalue weighted by molar-refractivity contribution is 7.11. The second-order valence-corrected chi connectivity index (χ2v) is 6.48. The number of aromatic nitrogens is 1. The van der Waals surface area contributed by atoms with Crippen LogP contribution in [0.3, 0.4) is 0 Å². The number of carbonyl (C=O) groups is 1. The number of carbonyl (C=O) groups excluding carboxylic acids is 1.